The summed E-state index contributed by atoms with van der Waals surface area (Å²) in [6.45, 7) is 4.86. The van der Waals surface area contributed by atoms with Crippen LogP contribution in [0.5, 0.6) is 0 Å². The third kappa shape index (κ3) is 3.70. The van der Waals surface area contributed by atoms with E-state index in [9.17, 15) is 0 Å². The number of nitrogens with one attached hydrogen (secondary N) is 1. The topological polar surface area (TPSA) is 47.0 Å². The second-order valence-corrected chi connectivity index (χ2v) is 3.45. The van der Waals surface area contributed by atoms with Crippen LogP contribution in [0.2, 0.25) is 0 Å². The maximum atomic E-state index is 5.00. The average Bonchev–Trinajstić information content (AvgIpc) is 2.15. The van der Waals surface area contributed by atoms with Crippen LogP contribution >= 0.6 is 0 Å². The Kier molecular flexibility index (Phi) is 4.32. The summed E-state index contributed by atoms with van der Waals surface area (Å²) in [4.78, 5) is 0. The van der Waals surface area contributed by atoms with Gasteiger partial charge in [-0.3, -0.25) is 0 Å². The van der Waals surface area contributed by atoms with Crippen LogP contribution in [0.4, 0.5) is 5.82 Å². The zero-order valence-corrected chi connectivity index (χ0v) is 8.95. The molecular formula is C10H17N3O. The molecule has 4 heteroatoms. The van der Waals surface area contributed by atoms with Gasteiger partial charge in [0.2, 0.25) is 0 Å². The van der Waals surface area contributed by atoms with E-state index in [4.69, 9.17) is 4.74 Å². The molecule has 0 radical (unpaired) electrons. The highest BCUT2D eigenvalue weighted by Gasteiger charge is 2.02. The van der Waals surface area contributed by atoms with Crippen molar-refractivity contribution in [2.24, 2.45) is 0 Å². The molecule has 0 amide bonds. The molecule has 0 saturated carbocycles. The molecule has 0 spiro atoms. The Morgan fingerprint density at radius 3 is 3.00 bits per heavy atom. The molecule has 1 rings (SSSR count). The Labute approximate surface area is 84.7 Å². The van der Waals surface area contributed by atoms with E-state index in [0.29, 0.717) is 6.04 Å². The summed E-state index contributed by atoms with van der Waals surface area (Å²) in [7, 11) is 1.71. The summed E-state index contributed by atoms with van der Waals surface area (Å²) in [5.74, 6) is 0.827. The lowest BCUT2D eigenvalue weighted by molar-refractivity contribution is 0.191. The molecule has 1 N–H and O–H groups in total. The van der Waals surface area contributed by atoms with Gasteiger partial charge >= 0.3 is 0 Å². The average molecular weight is 195 g/mol. The van der Waals surface area contributed by atoms with Crippen molar-refractivity contribution in [2.75, 3.05) is 19.0 Å². The first-order chi connectivity index (χ1) is 6.72. The fourth-order valence-corrected chi connectivity index (χ4v) is 1.15. The number of hydrogen-bond acceptors (Lipinski definition) is 4. The van der Waals surface area contributed by atoms with Crippen molar-refractivity contribution in [1.29, 1.82) is 0 Å². The third-order valence-corrected chi connectivity index (χ3v) is 1.94. The van der Waals surface area contributed by atoms with Crippen molar-refractivity contribution >= 4 is 5.82 Å². The maximum Gasteiger partial charge on any atom is 0.149 e. The summed E-state index contributed by atoms with van der Waals surface area (Å²) in [5.41, 5.74) is 1.11. The minimum atomic E-state index is 0.353. The molecule has 1 aromatic rings. The van der Waals surface area contributed by atoms with E-state index >= 15 is 0 Å². The van der Waals surface area contributed by atoms with Crippen molar-refractivity contribution in [3.63, 3.8) is 0 Å². The molecule has 4 nitrogen and oxygen atoms in total. The van der Waals surface area contributed by atoms with Crippen LogP contribution in [-0.4, -0.2) is 30.0 Å². The van der Waals surface area contributed by atoms with Gasteiger partial charge < -0.3 is 10.1 Å². The van der Waals surface area contributed by atoms with Crippen LogP contribution in [-0.2, 0) is 4.74 Å². The molecule has 0 aromatic carbocycles. The first kappa shape index (κ1) is 10.9. The lowest BCUT2D eigenvalue weighted by atomic mass is 10.2. The summed E-state index contributed by atoms with van der Waals surface area (Å²) < 4.78 is 5.00. The number of nitrogens with zero attached hydrogens (tertiary/aromatic N) is 2. The Bertz CT molecular complexity index is 278. The molecule has 0 saturated heterocycles. The minimum Gasteiger partial charge on any atom is -0.385 e. The van der Waals surface area contributed by atoms with Crippen molar-refractivity contribution in [3.8, 4) is 0 Å². The summed E-state index contributed by atoms with van der Waals surface area (Å²) >= 11 is 0. The van der Waals surface area contributed by atoms with Gasteiger partial charge in [0.05, 0.1) is 6.20 Å². The van der Waals surface area contributed by atoms with Gasteiger partial charge in [0.25, 0.3) is 0 Å². The number of anilines is 1. The minimum absolute atomic E-state index is 0.353. The molecule has 0 bridgehead atoms. The van der Waals surface area contributed by atoms with E-state index in [-0.39, 0.29) is 0 Å². The third-order valence-electron chi connectivity index (χ3n) is 1.94. The quantitative estimate of drug-likeness (QED) is 0.775. The number of hydrogen-bond donors (Lipinski definition) is 1. The van der Waals surface area contributed by atoms with Crippen LogP contribution in [0, 0.1) is 6.92 Å². The molecule has 1 aromatic heterocycles. The number of aryl methyl sites for hydroxylation is 1. The standard InChI is InChI=1S/C10H17N3O/c1-8-6-10(13-11-7-8)12-9(2)4-5-14-3/h6-7,9H,4-5H2,1-3H3,(H,12,13). The summed E-state index contributed by atoms with van der Waals surface area (Å²) in [6, 6.07) is 2.34. The second-order valence-electron chi connectivity index (χ2n) is 3.45. The van der Waals surface area contributed by atoms with Gasteiger partial charge in [0, 0.05) is 19.8 Å². The fourth-order valence-electron chi connectivity index (χ4n) is 1.15. The van der Waals surface area contributed by atoms with E-state index in [0.717, 1.165) is 24.4 Å². The monoisotopic (exact) mass is 195 g/mol. The van der Waals surface area contributed by atoms with Gasteiger partial charge in [0.15, 0.2) is 0 Å². The van der Waals surface area contributed by atoms with Crippen LogP contribution < -0.4 is 5.32 Å². The smallest absolute Gasteiger partial charge is 0.149 e. The highest BCUT2D eigenvalue weighted by Crippen LogP contribution is 2.06. The molecule has 1 heterocycles. The van der Waals surface area contributed by atoms with Gasteiger partial charge in [-0.1, -0.05) is 0 Å². The first-order valence-corrected chi connectivity index (χ1v) is 4.77. The second kappa shape index (κ2) is 5.54. The highest BCUT2D eigenvalue weighted by atomic mass is 16.5. The van der Waals surface area contributed by atoms with Gasteiger partial charge in [-0.05, 0) is 31.9 Å². The fraction of sp³-hybridized carbons (Fsp3) is 0.600. The molecule has 0 aliphatic rings. The molecule has 0 aliphatic heterocycles. The van der Waals surface area contributed by atoms with E-state index in [2.05, 4.69) is 22.4 Å². The predicted molar refractivity (Wildman–Crippen MR) is 56.3 cm³/mol. The number of methoxy groups -OCH3 is 1. The van der Waals surface area contributed by atoms with Crippen molar-refractivity contribution < 1.29 is 4.74 Å². The predicted octanol–water partition coefficient (Wildman–Crippen LogP) is 1.62. The lowest BCUT2D eigenvalue weighted by Gasteiger charge is -2.13. The largest absolute Gasteiger partial charge is 0.385 e. The van der Waals surface area contributed by atoms with Gasteiger partial charge in [-0.15, -0.1) is 5.10 Å². The summed E-state index contributed by atoms with van der Waals surface area (Å²) in [6.07, 6.45) is 2.71. The highest BCUT2D eigenvalue weighted by molar-refractivity contribution is 5.35. The Morgan fingerprint density at radius 1 is 1.57 bits per heavy atom. The van der Waals surface area contributed by atoms with Crippen molar-refractivity contribution in [2.45, 2.75) is 26.3 Å². The van der Waals surface area contributed by atoms with Gasteiger partial charge in [-0.2, -0.15) is 5.10 Å². The van der Waals surface area contributed by atoms with Crippen molar-refractivity contribution in [3.05, 3.63) is 17.8 Å². The van der Waals surface area contributed by atoms with E-state index < -0.39 is 0 Å². The molecule has 0 aliphatic carbocycles. The van der Waals surface area contributed by atoms with Crippen LogP contribution in [0.15, 0.2) is 12.3 Å². The zero-order valence-electron chi connectivity index (χ0n) is 8.95. The SMILES string of the molecule is COCCC(C)Nc1cc(C)cnn1. The maximum absolute atomic E-state index is 5.00. The Morgan fingerprint density at radius 2 is 2.36 bits per heavy atom. The van der Waals surface area contributed by atoms with E-state index in [1.54, 1.807) is 13.3 Å². The van der Waals surface area contributed by atoms with Crippen LogP contribution in [0.1, 0.15) is 18.9 Å². The van der Waals surface area contributed by atoms with Crippen molar-refractivity contribution in [1.82, 2.24) is 10.2 Å². The molecule has 1 unspecified atom stereocenters. The molecule has 78 valence electrons. The first-order valence-electron chi connectivity index (χ1n) is 4.77. The Balaban J connectivity index is 2.43. The number of ether oxygens (including phenoxy) is 1. The molecule has 1 atom stereocenters. The lowest BCUT2D eigenvalue weighted by Crippen LogP contribution is -2.18. The molecule has 0 fully saturated rings. The van der Waals surface area contributed by atoms with E-state index in [1.165, 1.54) is 0 Å². The number of rotatable bonds is 5. The summed E-state index contributed by atoms with van der Waals surface area (Å²) in [5, 5.41) is 11.1. The number of aromatic nitrogens is 2. The molecular weight excluding hydrogens is 178 g/mol. The Hall–Kier alpha value is -1.16. The van der Waals surface area contributed by atoms with E-state index in [1.807, 2.05) is 13.0 Å². The molecule has 14 heavy (non-hydrogen) atoms. The normalized spacial score (nSPS) is 12.5. The zero-order chi connectivity index (χ0) is 10.4. The van der Waals surface area contributed by atoms with Crippen LogP contribution in [0.3, 0.4) is 0 Å². The van der Waals surface area contributed by atoms with Crippen LogP contribution in [0.25, 0.3) is 0 Å². The van der Waals surface area contributed by atoms with Gasteiger partial charge in [-0.25, -0.2) is 0 Å². The van der Waals surface area contributed by atoms with Gasteiger partial charge in [0.1, 0.15) is 5.82 Å².